The minimum atomic E-state index is -0.359. The van der Waals surface area contributed by atoms with E-state index in [0.29, 0.717) is 12.4 Å². The molecule has 2 heterocycles. The van der Waals surface area contributed by atoms with E-state index in [-0.39, 0.29) is 18.5 Å². The molecule has 120 valence electrons. The number of nitrogens with one attached hydrogen (secondary N) is 2. The maximum absolute atomic E-state index is 11.8. The number of carbonyl (C=O) groups excluding carboxylic acids is 1. The lowest BCUT2D eigenvalue weighted by molar-refractivity contribution is -0.118. The number of tetrazole rings is 1. The Morgan fingerprint density at radius 2 is 2.30 bits per heavy atom. The molecule has 0 saturated heterocycles. The number of rotatable bonds is 7. The van der Waals surface area contributed by atoms with Gasteiger partial charge < -0.3 is 14.0 Å². The van der Waals surface area contributed by atoms with Crippen molar-refractivity contribution in [2.75, 3.05) is 25.6 Å². The second-order valence-corrected chi connectivity index (χ2v) is 4.76. The van der Waals surface area contributed by atoms with Crippen LogP contribution in [0, 0.1) is 0 Å². The van der Waals surface area contributed by atoms with Gasteiger partial charge in [-0.3, -0.25) is 10.1 Å². The molecule has 0 spiro atoms. The number of carbonyl (C=O) groups is 1. The standard InChI is InChI=1S/C14H16N6O3/c1-22-8-7-20-6-5-10-11(20)3-2-4-12(10)23-9-13(21)15-14-16-18-19-17-14/h2-6H,7-9H2,1H3,(H2,15,16,17,18,19,21). The fourth-order valence-corrected chi connectivity index (χ4v) is 2.22. The first-order valence-electron chi connectivity index (χ1n) is 7.01. The number of anilines is 1. The van der Waals surface area contributed by atoms with E-state index >= 15 is 0 Å². The van der Waals surface area contributed by atoms with Crippen LogP contribution in [-0.4, -0.2) is 51.4 Å². The van der Waals surface area contributed by atoms with Gasteiger partial charge in [-0.2, -0.15) is 5.21 Å². The topological polar surface area (TPSA) is 107 Å². The van der Waals surface area contributed by atoms with E-state index in [0.717, 1.165) is 17.4 Å². The quantitative estimate of drug-likeness (QED) is 0.668. The Kier molecular flexibility index (Phi) is 4.48. The zero-order chi connectivity index (χ0) is 16.1. The highest BCUT2D eigenvalue weighted by atomic mass is 16.5. The van der Waals surface area contributed by atoms with Gasteiger partial charge in [0.05, 0.1) is 12.1 Å². The van der Waals surface area contributed by atoms with Crippen molar-refractivity contribution in [2.45, 2.75) is 6.54 Å². The molecule has 9 nitrogen and oxygen atoms in total. The van der Waals surface area contributed by atoms with Crippen LogP contribution in [0.4, 0.5) is 5.95 Å². The van der Waals surface area contributed by atoms with Crippen molar-refractivity contribution >= 4 is 22.8 Å². The Bertz CT molecular complexity index is 783. The monoisotopic (exact) mass is 316 g/mol. The van der Waals surface area contributed by atoms with Gasteiger partial charge in [0.15, 0.2) is 6.61 Å². The summed E-state index contributed by atoms with van der Waals surface area (Å²) in [6.07, 6.45) is 1.97. The minimum Gasteiger partial charge on any atom is -0.483 e. The van der Waals surface area contributed by atoms with Crippen LogP contribution < -0.4 is 10.1 Å². The Labute approximate surface area is 131 Å². The molecular formula is C14H16N6O3. The molecule has 0 unspecified atom stereocenters. The van der Waals surface area contributed by atoms with Crippen molar-refractivity contribution in [3.8, 4) is 5.75 Å². The third kappa shape index (κ3) is 3.46. The second kappa shape index (κ2) is 6.88. The second-order valence-electron chi connectivity index (χ2n) is 4.76. The van der Waals surface area contributed by atoms with Crippen LogP contribution in [0.2, 0.25) is 0 Å². The van der Waals surface area contributed by atoms with Crippen LogP contribution in [0.5, 0.6) is 5.75 Å². The molecule has 1 aromatic carbocycles. The molecule has 0 saturated carbocycles. The predicted molar refractivity (Wildman–Crippen MR) is 82.1 cm³/mol. The predicted octanol–water partition coefficient (Wildman–Crippen LogP) is 0.818. The molecule has 0 bridgehead atoms. The number of ether oxygens (including phenoxy) is 2. The van der Waals surface area contributed by atoms with Gasteiger partial charge >= 0.3 is 0 Å². The van der Waals surface area contributed by atoms with Gasteiger partial charge in [0.2, 0.25) is 0 Å². The first-order chi connectivity index (χ1) is 11.3. The lowest BCUT2D eigenvalue weighted by atomic mass is 10.2. The van der Waals surface area contributed by atoms with E-state index in [1.165, 1.54) is 0 Å². The van der Waals surface area contributed by atoms with E-state index in [4.69, 9.17) is 9.47 Å². The highest BCUT2D eigenvalue weighted by Gasteiger charge is 2.10. The van der Waals surface area contributed by atoms with E-state index in [1.807, 2.05) is 30.5 Å². The molecule has 1 amide bonds. The maximum atomic E-state index is 11.8. The number of aromatic nitrogens is 5. The van der Waals surface area contributed by atoms with Crippen molar-refractivity contribution in [2.24, 2.45) is 0 Å². The van der Waals surface area contributed by atoms with Crippen LogP contribution in [0.25, 0.3) is 10.9 Å². The molecular weight excluding hydrogens is 300 g/mol. The first kappa shape index (κ1) is 15.0. The molecule has 2 aromatic heterocycles. The third-order valence-corrected chi connectivity index (χ3v) is 3.27. The van der Waals surface area contributed by atoms with E-state index < -0.39 is 0 Å². The summed E-state index contributed by atoms with van der Waals surface area (Å²) in [7, 11) is 1.67. The molecule has 0 aliphatic rings. The van der Waals surface area contributed by atoms with Gasteiger partial charge in [-0.1, -0.05) is 11.2 Å². The number of amides is 1. The van der Waals surface area contributed by atoms with Crippen molar-refractivity contribution in [3.05, 3.63) is 30.5 Å². The Balaban J connectivity index is 1.68. The summed E-state index contributed by atoms with van der Waals surface area (Å²) >= 11 is 0. The van der Waals surface area contributed by atoms with E-state index in [1.54, 1.807) is 7.11 Å². The number of fused-ring (bicyclic) bond motifs is 1. The number of H-pyrrole nitrogens is 1. The largest absolute Gasteiger partial charge is 0.483 e. The van der Waals surface area contributed by atoms with E-state index in [2.05, 4.69) is 30.5 Å². The number of methoxy groups -OCH3 is 1. The number of benzene rings is 1. The van der Waals surface area contributed by atoms with Crippen molar-refractivity contribution in [1.29, 1.82) is 0 Å². The smallest absolute Gasteiger partial charge is 0.269 e. The SMILES string of the molecule is COCCn1ccc2c(OCC(=O)Nc3nn[nH]n3)cccc21. The number of hydrogen-bond acceptors (Lipinski definition) is 6. The number of hydrogen-bond donors (Lipinski definition) is 2. The summed E-state index contributed by atoms with van der Waals surface area (Å²) in [5.41, 5.74) is 1.03. The molecule has 0 radical (unpaired) electrons. The molecule has 0 fully saturated rings. The van der Waals surface area contributed by atoms with Crippen LogP contribution >= 0.6 is 0 Å². The van der Waals surface area contributed by atoms with Gasteiger partial charge in [-0.15, -0.1) is 5.10 Å². The molecule has 3 rings (SSSR count). The van der Waals surface area contributed by atoms with Gasteiger partial charge in [-0.25, -0.2) is 0 Å². The summed E-state index contributed by atoms with van der Waals surface area (Å²) in [5.74, 6) is 0.395. The van der Waals surface area contributed by atoms with E-state index in [9.17, 15) is 4.79 Å². The first-order valence-corrected chi connectivity index (χ1v) is 7.01. The zero-order valence-electron chi connectivity index (χ0n) is 12.5. The summed E-state index contributed by atoms with van der Waals surface area (Å²) in [6.45, 7) is 1.24. The summed E-state index contributed by atoms with van der Waals surface area (Å²) < 4.78 is 12.8. The Morgan fingerprint density at radius 1 is 1.39 bits per heavy atom. The molecule has 0 atom stereocenters. The van der Waals surface area contributed by atoms with Crippen LogP contribution in [0.15, 0.2) is 30.5 Å². The molecule has 9 heteroatoms. The molecule has 0 aliphatic carbocycles. The third-order valence-electron chi connectivity index (χ3n) is 3.27. The summed E-state index contributed by atoms with van der Waals surface area (Å²) in [6, 6.07) is 7.66. The fraction of sp³-hybridized carbons (Fsp3) is 0.286. The number of nitrogens with zero attached hydrogens (tertiary/aromatic N) is 4. The Morgan fingerprint density at radius 3 is 3.09 bits per heavy atom. The average molecular weight is 316 g/mol. The average Bonchev–Trinajstić information content (AvgIpc) is 3.20. The highest BCUT2D eigenvalue weighted by molar-refractivity contribution is 5.91. The maximum Gasteiger partial charge on any atom is 0.269 e. The summed E-state index contributed by atoms with van der Waals surface area (Å²) in [4.78, 5) is 11.8. The minimum absolute atomic E-state index is 0.113. The molecule has 3 aromatic rings. The van der Waals surface area contributed by atoms with Gasteiger partial charge in [0, 0.05) is 25.2 Å². The lowest BCUT2D eigenvalue weighted by Crippen LogP contribution is -2.21. The fourth-order valence-electron chi connectivity index (χ4n) is 2.22. The van der Waals surface area contributed by atoms with Crippen LogP contribution in [-0.2, 0) is 16.1 Å². The lowest BCUT2D eigenvalue weighted by Gasteiger charge is -2.08. The van der Waals surface area contributed by atoms with Crippen molar-refractivity contribution in [3.63, 3.8) is 0 Å². The summed E-state index contributed by atoms with van der Waals surface area (Å²) in [5, 5.41) is 16.3. The van der Waals surface area contributed by atoms with Gasteiger partial charge in [-0.05, 0) is 23.4 Å². The highest BCUT2D eigenvalue weighted by Crippen LogP contribution is 2.26. The molecule has 23 heavy (non-hydrogen) atoms. The zero-order valence-corrected chi connectivity index (χ0v) is 12.5. The normalized spacial score (nSPS) is 10.8. The van der Waals surface area contributed by atoms with Crippen LogP contribution in [0.1, 0.15) is 0 Å². The molecule has 2 N–H and O–H groups in total. The Hall–Kier alpha value is -2.94. The molecule has 0 aliphatic heterocycles. The van der Waals surface area contributed by atoms with Gasteiger partial charge in [0.1, 0.15) is 5.75 Å². The van der Waals surface area contributed by atoms with Crippen LogP contribution in [0.3, 0.4) is 0 Å². The van der Waals surface area contributed by atoms with Crippen molar-refractivity contribution < 1.29 is 14.3 Å². The van der Waals surface area contributed by atoms with Crippen molar-refractivity contribution in [1.82, 2.24) is 25.2 Å². The number of aromatic amines is 1. The van der Waals surface area contributed by atoms with Gasteiger partial charge in [0.25, 0.3) is 11.9 Å².